The molecule has 102 valence electrons. The number of nitrogen functional groups attached to an aromatic ring is 1. The third-order valence-electron chi connectivity index (χ3n) is 3.35. The second kappa shape index (κ2) is 5.17. The van der Waals surface area contributed by atoms with Crippen molar-refractivity contribution in [3.63, 3.8) is 0 Å². The lowest BCUT2D eigenvalue weighted by atomic mass is 9.98. The Morgan fingerprint density at radius 2 is 1.95 bits per heavy atom. The Labute approximate surface area is 118 Å². The molecule has 0 bridgehead atoms. The molecule has 1 aromatic carbocycles. The molecule has 2 N–H and O–H groups in total. The van der Waals surface area contributed by atoms with Crippen molar-refractivity contribution in [2.75, 3.05) is 12.8 Å². The van der Waals surface area contributed by atoms with Crippen LogP contribution in [0.15, 0.2) is 12.3 Å². The summed E-state index contributed by atoms with van der Waals surface area (Å²) in [7, 11) is 1.62. The zero-order valence-corrected chi connectivity index (χ0v) is 12.0. The molecule has 0 aliphatic carbocycles. The van der Waals surface area contributed by atoms with Gasteiger partial charge in [-0.05, 0) is 37.5 Å². The molecule has 20 heavy (non-hydrogen) atoms. The summed E-state index contributed by atoms with van der Waals surface area (Å²) < 4.78 is 5.50. The summed E-state index contributed by atoms with van der Waals surface area (Å²) in [6, 6.07) is 4.02. The van der Waals surface area contributed by atoms with E-state index in [1.165, 1.54) is 6.20 Å². The van der Waals surface area contributed by atoms with Gasteiger partial charge in [-0.1, -0.05) is 6.07 Å². The van der Waals surface area contributed by atoms with Gasteiger partial charge < -0.3 is 10.5 Å². The summed E-state index contributed by atoms with van der Waals surface area (Å²) in [5.74, 6) is 1.39. The molecular formula is C15H16N4O. The molecule has 0 saturated carbocycles. The van der Waals surface area contributed by atoms with E-state index in [9.17, 15) is 0 Å². The van der Waals surface area contributed by atoms with Crippen molar-refractivity contribution in [2.45, 2.75) is 20.8 Å². The highest BCUT2D eigenvalue weighted by Crippen LogP contribution is 2.36. The molecule has 2 aromatic rings. The molecule has 0 atom stereocenters. The summed E-state index contributed by atoms with van der Waals surface area (Å²) in [6.07, 6.45) is 1.44. The molecule has 0 spiro atoms. The van der Waals surface area contributed by atoms with Crippen molar-refractivity contribution < 1.29 is 4.74 Å². The van der Waals surface area contributed by atoms with Crippen molar-refractivity contribution >= 4 is 5.82 Å². The van der Waals surface area contributed by atoms with Crippen LogP contribution >= 0.6 is 0 Å². The van der Waals surface area contributed by atoms with E-state index >= 15 is 0 Å². The largest absolute Gasteiger partial charge is 0.496 e. The molecule has 1 aromatic heterocycles. The predicted octanol–water partition coefficient (Wildman–Crippen LogP) is 2.53. The van der Waals surface area contributed by atoms with Crippen LogP contribution in [-0.4, -0.2) is 17.1 Å². The molecule has 5 heteroatoms. The molecule has 0 amide bonds. The number of ether oxygens (including phenoxy) is 1. The molecule has 2 rings (SSSR count). The molecule has 0 fully saturated rings. The lowest BCUT2D eigenvalue weighted by Crippen LogP contribution is -2.03. The van der Waals surface area contributed by atoms with Crippen molar-refractivity contribution in [1.29, 1.82) is 5.26 Å². The fraction of sp³-hybridized carbons (Fsp3) is 0.267. The van der Waals surface area contributed by atoms with Gasteiger partial charge in [-0.15, -0.1) is 0 Å². The maximum atomic E-state index is 8.88. The quantitative estimate of drug-likeness (QED) is 0.904. The number of hydrogen-bond acceptors (Lipinski definition) is 5. The topological polar surface area (TPSA) is 84.8 Å². The van der Waals surface area contributed by atoms with E-state index in [1.807, 2.05) is 26.8 Å². The van der Waals surface area contributed by atoms with Crippen molar-refractivity contribution in [3.05, 3.63) is 34.5 Å². The zero-order chi connectivity index (χ0) is 14.9. The maximum Gasteiger partial charge on any atom is 0.165 e. The number of aryl methyl sites for hydroxylation is 2. The van der Waals surface area contributed by atoms with E-state index in [0.717, 1.165) is 28.0 Å². The molecule has 0 unspecified atom stereocenters. The molecule has 0 saturated heterocycles. The van der Waals surface area contributed by atoms with Gasteiger partial charge in [0.2, 0.25) is 0 Å². The van der Waals surface area contributed by atoms with Crippen LogP contribution in [0.3, 0.4) is 0 Å². The van der Waals surface area contributed by atoms with E-state index < -0.39 is 0 Å². The molecule has 0 aliphatic heterocycles. The van der Waals surface area contributed by atoms with E-state index in [1.54, 1.807) is 7.11 Å². The molecular weight excluding hydrogens is 252 g/mol. The minimum Gasteiger partial charge on any atom is -0.496 e. The summed E-state index contributed by atoms with van der Waals surface area (Å²) in [6.45, 7) is 5.99. The maximum absolute atomic E-state index is 8.88. The normalized spacial score (nSPS) is 10.2. The molecule has 0 aliphatic rings. The van der Waals surface area contributed by atoms with Gasteiger partial charge in [0.15, 0.2) is 5.82 Å². The lowest BCUT2D eigenvalue weighted by molar-refractivity contribution is 0.412. The fourth-order valence-electron chi connectivity index (χ4n) is 2.19. The van der Waals surface area contributed by atoms with Gasteiger partial charge in [0.1, 0.15) is 23.2 Å². The van der Waals surface area contributed by atoms with Gasteiger partial charge >= 0.3 is 0 Å². The average Bonchev–Trinajstić information content (AvgIpc) is 2.42. The van der Waals surface area contributed by atoms with Crippen LogP contribution < -0.4 is 10.5 Å². The molecule has 1 heterocycles. The number of aromatic nitrogens is 2. The first kappa shape index (κ1) is 13.8. The van der Waals surface area contributed by atoms with Crippen molar-refractivity contribution in [3.8, 4) is 23.2 Å². The minimum absolute atomic E-state index is 0.178. The second-order valence-electron chi connectivity index (χ2n) is 4.65. The predicted molar refractivity (Wildman–Crippen MR) is 77.4 cm³/mol. The monoisotopic (exact) mass is 268 g/mol. The van der Waals surface area contributed by atoms with Crippen LogP contribution in [0.2, 0.25) is 0 Å². The number of rotatable bonds is 2. The standard InChI is InChI=1S/C15H16N4O/c1-8-5-9(2)12(13(20-4)10(8)3)15-18-7-11(6-16)14(17)19-15/h5,7H,1-4H3,(H2,17,18,19). The molecule has 5 nitrogen and oxygen atoms in total. The van der Waals surface area contributed by atoms with Crippen molar-refractivity contribution in [1.82, 2.24) is 9.97 Å². The summed E-state index contributed by atoms with van der Waals surface area (Å²) in [4.78, 5) is 8.45. The van der Waals surface area contributed by atoms with Crippen LogP contribution in [-0.2, 0) is 0 Å². The van der Waals surface area contributed by atoms with E-state index in [0.29, 0.717) is 5.82 Å². The minimum atomic E-state index is 0.178. The van der Waals surface area contributed by atoms with Crippen LogP contribution in [0.1, 0.15) is 22.3 Å². The molecule has 0 radical (unpaired) electrons. The smallest absolute Gasteiger partial charge is 0.165 e. The van der Waals surface area contributed by atoms with Gasteiger partial charge in [0, 0.05) is 0 Å². The Kier molecular flexibility index (Phi) is 3.57. The Morgan fingerprint density at radius 1 is 1.25 bits per heavy atom. The number of nitriles is 1. The Morgan fingerprint density at radius 3 is 2.50 bits per heavy atom. The zero-order valence-electron chi connectivity index (χ0n) is 12.0. The van der Waals surface area contributed by atoms with Crippen LogP contribution in [0.4, 0.5) is 5.82 Å². The second-order valence-corrected chi connectivity index (χ2v) is 4.65. The summed E-state index contributed by atoms with van der Waals surface area (Å²) in [5, 5.41) is 8.88. The van der Waals surface area contributed by atoms with Crippen LogP contribution in [0.5, 0.6) is 5.75 Å². The SMILES string of the molecule is COc1c(C)c(C)cc(C)c1-c1ncc(C#N)c(N)n1. The third-order valence-corrected chi connectivity index (χ3v) is 3.35. The van der Waals surface area contributed by atoms with Gasteiger partial charge in [-0.25, -0.2) is 9.97 Å². The lowest BCUT2D eigenvalue weighted by Gasteiger charge is -2.15. The Balaban J connectivity index is 2.73. The Hall–Kier alpha value is -2.61. The van der Waals surface area contributed by atoms with Gasteiger partial charge in [0.25, 0.3) is 0 Å². The highest BCUT2D eigenvalue weighted by Gasteiger charge is 2.17. The van der Waals surface area contributed by atoms with Gasteiger partial charge in [-0.3, -0.25) is 0 Å². The summed E-state index contributed by atoms with van der Waals surface area (Å²) in [5.41, 5.74) is 10.0. The first-order chi connectivity index (χ1) is 9.49. The number of anilines is 1. The number of nitrogens with zero attached hydrogens (tertiary/aromatic N) is 3. The third kappa shape index (κ3) is 2.16. The summed E-state index contributed by atoms with van der Waals surface area (Å²) >= 11 is 0. The number of benzene rings is 1. The number of hydrogen-bond donors (Lipinski definition) is 1. The van der Waals surface area contributed by atoms with E-state index in [2.05, 4.69) is 16.0 Å². The van der Waals surface area contributed by atoms with E-state index in [-0.39, 0.29) is 11.4 Å². The van der Waals surface area contributed by atoms with Crippen molar-refractivity contribution in [2.24, 2.45) is 0 Å². The van der Waals surface area contributed by atoms with Gasteiger partial charge in [0.05, 0.1) is 18.9 Å². The first-order valence-electron chi connectivity index (χ1n) is 6.17. The van der Waals surface area contributed by atoms with Crippen LogP contribution in [0.25, 0.3) is 11.4 Å². The Bertz CT molecular complexity index is 717. The van der Waals surface area contributed by atoms with Crippen LogP contribution in [0, 0.1) is 32.1 Å². The number of methoxy groups -OCH3 is 1. The first-order valence-corrected chi connectivity index (χ1v) is 6.17. The highest BCUT2D eigenvalue weighted by atomic mass is 16.5. The fourth-order valence-corrected chi connectivity index (χ4v) is 2.19. The van der Waals surface area contributed by atoms with E-state index in [4.69, 9.17) is 15.7 Å². The average molecular weight is 268 g/mol. The number of nitrogens with two attached hydrogens (primary N) is 1. The van der Waals surface area contributed by atoms with Gasteiger partial charge in [-0.2, -0.15) is 5.26 Å². The highest BCUT2D eigenvalue weighted by molar-refractivity contribution is 5.72.